The van der Waals surface area contributed by atoms with Crippen molar-refractivity contribution in [3.05, 3.63) is 34.8 Å². The molecule has 9 nitrogen and oxygen atoms in total. The standard InChI is InChI=1S/C21H29N5O4S2/c1-15-5-7-16(8-6-15)32(29,30)26-13-11-25(12-14-26)18(28)10-9-17(27)22-20-24-23-19(31-20)21(2,3)4/h5-8H,9-14H2,1-4H3,(H,22,24,27). The molecule has 2 amide bonds. The molecule has 1 saturated heterocycles. The lowest BCUT2D eigenvalue weighted by molar-refractivity contribution is -0.133. The van der Waals surface area contributed by atoms with Crippen LogP contribution in [0.25, 0.3) is 0 Å². The van der Waals surface area contributed by atoms with Crippen molar-refractivity contribution in [2.24, 2.45) is 0 Å². The third-order valence-corrected chi connectivity index (χ3v) is 8.31. The Hall–Kier alpha value is -2.37. The van der Waals surface area contributed by atoms with Crippen LogP contribution in [-0.4, -0.2) is 65.8 Å². The normalized spacial score (nSPS) is 15.6. The van der Waals surface area contributed by atoms with E-state index in [0.29, 0.717) is 18.2 Å². The zero-order chi connectivity index (χ0) is 23.5. The molecule has 1 fully saturated rings. The second kappa shape index (κ2) is 9.63. The molecular formula is C21H29N5O4S2. The average molecular weight is 480 g/mol. The molecule has 1 aromatic carbocycles. The minimum absolute atomic E-state index is 0.0329. The maximum absolute atomic E-state index is 12.8. The van der Waals surface area contributed by atoms with Crippen molar-refractivity contribution in [2.45, 2.75) is 50.8 Å². The second-order valence-electron chi connectivity index (χ2n) is 8.81. The molecule has 1 N–H and O–H groups in total. The number of aromatic nitrogens is 2. The predicted octanol–water partition coefficient (Wildman–Crippen LogP) is 2.40. The van der Waals surface area contributed by atoms with Crippen LogP contribution in [0.2, 0.25) is 0 Å². The van der Waals surface area contributed by atoms with Gasteiger partial charge in [0.15, 0.2) is 0 Å². The summed E-state index contributed by atoms with van der Waals surface area (Å²) in [7, 11) is -3.58. The van der Waals surface area contributed by atoms with Gasteiger partial charge in [-0.1, -0.05) is 49.8 Å². The molecule has 0 aliphatic carbocycles. The van der Waals surface area contributed by atoms with Gasteiger partial charge in [0.25, 0.3) is 0 Å². The first-order valence-electron chi connectivity index (χ1n) is 10.5. The number of rotatable bonds is 6. The summed E-state index contributed by atoms with van der Waals surface area (Å²) < 4.78 is 27.0. The van der Waals surface area contributed by atoms with Gasteiger partial charge in [0.1, 0.15) is 5.01 Å². The molecule has 0 spiro atoms. The number of nitrogens with one attached hydrogen (secondary N) is 1. The first kappa shape index (κ1) is 24.3. The van der Waals surface area contributed by atoms with Gasteiger partial charge in [-0.3, -0.25) is 9.59 Å². The zero-order valence-electron chi connectivity index (χ0n) is 18.8. The topological polar surface area (TPSA) is 113 Å². The number of nitrogens with zero attached hydrogens (tertiary/aromatic N) is 4. The van der Waals surface area contributed by atoms with Gasteiger partial charge in [-0.2, -0.15) is 4.31 Å². The van der Waals surface area contributed by atoms with Gasteiger partial charge < -0.3 is 10.2 Å². The van der Waals surface area contributed by atoms with Crippen molar-refractivity contribution >= 4 is 38.3 Å². The van der Waals surface area contributed by atoms with Crippen molar-refractivity contribution < 1.29 is 18.0 Å². The Morgan fingerprint density at radius 1 is 1.03 bits per heavy atom. The van der Waals surface area contributed by atoms with Crippen LogP contribution >= 0.6 is 11.3 Å². The molecule has 32 heavy (non-hydrogen) atoms. The van der Waals surface area contributed by atoms with Crippen molar-refractivity contribution in [3.8, 4) is 0 Å². The van der Waals surface area contributed by atoms with E-state index in [1.165, 1.54) is 15.6 Å². The first-order chi connectivity index (χ1) is 15.0. The van der Waals surface area contributed by atoms with Crippen LogP contribution in [0.5, 0.6) is 0 Å². The van der Waals surface area contributed by atoms with E-state index >= 15 is 0 Å². The predicted molar refractivity (Wildman–Crippen MR) is 123 cm³/mol. The van der Waals surface area contributed by atoms with E-state index in [-0.39, 0.29) is 48.1 Å². The lowest BCUT2D eigenvalue weighted by Gasteiger charge is -2.34. The molecule has 174 valence electrons. The van der Waals surface area contributed by atoms with Crippen molar-refractivity contribution in [1.29, 1.82) is 0 Å². The highest BCUT2D eigenvalue weighted by atomic mass is 32.2. The summed E-state index contributed by atoms with van der Waals surface area (Å²) in [6, 6.07) is 6.74. The Morgan fingerprint density at radius 2 is 1.66 bits per heavy atom. The summed E-state index contributed by atoms with van der Waals surface area (Å²) in [5.41, 5.74) is 0.843. The smallest absolute Gasteiger partial charge is 0.243 e. The van der Waals surface area contributed by atoms with Crippen LogP contribution in [-0.2, 0) is 25.0 Å². The van der Waals surface area contributed by atoms with Gasteiger partial charge in [-0.15, -0.1) is 10.2 Å². The fourth-order valence-corrected chi connectivity index (χ4v) is 5.41. The fraction of sp³-hybridized carbons (Fsp3) is 0.524. The summed E-state index contributed by atoms with van der Waals surface area (Å²) in [6.45, 7) is 9.02. The van der Waals surface area contributed by atoms with E-state index in [9.17, 15) is 18.0 Å². The number of hydrogen-bond acceptors (Lipinski definition) is 7. The number of sulfonamides is 1. The number of anilines is 1. The molecular weight excluding hydrogens is 450 g/mol. The third kappa shape index (κ3) is 5.90. The summed E-state index contributed by atoms with van der Waals surface area (Å²) in [5, 5.41) is 12.0. The number of benzene rings is 1. The molecule has 3 rings (SSSR count). The van der Waals surface area contributed by atoms with E-state index in [1.54, 1.807) is 29.2 Å². The van der Waals surface area contributed by atoms with E-state index in [4.69, 9.17) is 0 Å². The highest BCUT2D eigenvalue weighted by Gasteiger charge is 2.30. The van der Waals surface area contributed by atoms with E-state index in [2.05, 4.69) is 15.5 Å². The minimum atomic E-state index is -3.58. The maximum Gasteiger partial charge on any atom is 0.243 e. The van der Waals surface area contributed by atoms with Crippen molar-refractivity contribution in [1.82, 2.24) is 19.4 Å². The molecule has 0 unspecified atom stereocenters. The number of amides is 2. The van der Waals surface area contributed by atoms with Crippen LogP contribution in [0.3, 0.4) is 0 Å². The number of carbonyl (C=O) groups is 2. The Morgan fingerprint density at radius 3 is 2.22 bits per heavy atom. The lowest BCUT2D eigenvalue weighted by atomic mass is 9.98. The van der Waals surface area contributed by atoms with E-state index in [1.807, 2.05) is 27.7 Å². The van der Waals surface area contributed by atoms with Gasteiger partial charge >= 0.3 is 0 Å². The minimum Gasteiger partial charge on any atom is -0.340 e. The van der Waals surface area contributed by atoms with Crippen molar-refractivity contribution in [2.75, 3.05) is 31.5 Å². The Kier molecular flexibility index (Phi) is 7.31. The van der Waals surface area contributed by atoms with Crippen molar-refractivity contribution in [3.63, 3.8) is 0 Å². The summed E-state index contributed by atoms with van der Waals surface area (Å²) in [6.07, 6.45) is 0.0899. The average Bonchev–Trinajstić information content (AvgIpc) is 3.21. The SMILES string of the molecule is Cc1ccc(S(=O)(=O)N2CCN(C(=O)CCC(=O)Nc3nnc(C(C)(C)C)s3)CC2)cc1. The van der Waals surface area contributed by atoms with Gasteiger partial charge in [-0.05, 0) is 19.1 Å². The molecule has 0 bridgehead atoms. The van der Waals surface area contributed by atoms with E-state index < -0.39 is 10.0 Å². The quantitative estimate of drug-likeness (QED) is 0.681. The lowest BCUT2D eigenvalue weighted by Crippen LogP contribution is -2.50. The fourth-order valence-electron chi connectivity index (χ4n) is 3.17. The van der Waals surface area contributed by atoms with Gasteiger partial charge in [0, 0.05) is 44.4 Å². The molecule has 0 atom stereocenters. The molecule has 11 heteroatoms. The second-order valence-corrected chi connectivity index (χ2v) is 11.7. The van der Waals surface area contributed by atoms with Gasteiger partial charge in [0.2, 0.25) is 27.0 Å². The van der Waals surface area contributed by atoms with Crippen LogP contribution in [0.4, 0.5) is 5.13 Å². The van der Waals surface area contributed by atoms with E-state index in [0.717, 1.165) is 10.6 Å². The Balaban J connectivity index is 1.46. The molecule has 2 heterocycles. The highest BCUT2D eigenvalue weighted by molar-refractivity contribution is 7.89. The molecule has 2 aromatic rings. The van der Waals surface area contributed by atoms with Gasteiger partial charge in [-0.25, -0.2) is 8.42 Å². The Labute approximate surface area is 192 Å². The summed E-state index contributed by atoms with van der Waals surface area (Å²) in [5.74, 6) is -0.462. The number of carbonyl (C=O) groups excluding carboxylic acids is 2. The largest absolute Gasteiger partial charge is 0.340 e. The highest BCUT2D eigenvalue weighted by Crippen LogP contribution is 2.27. The molecule has 0 radical (unpaired) electrons. The number of hydrogen-bond donors (Lipinski definition) is 1. The first-order valence-corrected chi connectivity index (χ1v) is 12.7. The summed E-state index contributed by atoms with van der Waals surface area (Å²) in [4.78, 5) is 26.6. The molecule has 0 saturated carbocycles. The molecule has 1 aromatic heterocycles. The maximum atomic E-state index is 12.8. The molecule has 1 aliphatic rings. The Bertz CT molecular complexity index is 1070. The molecule has 1 aliphatic heterocycles. The third-order valence-electron chi connectivity index (χ3n) is 5.13. The monoisotopic (exact) mass is 479 g/mol. The number of aryl methyl sites for hydroxylation is 1. The van der Waals surface area contributed by atoms with Gasteiger partial charge in [0.05, 0.1) is 4.90 Å². The summed E-state index contributed by atoms with van der Waals surface area (Å²) >= 11 is 1.32. The van der Waals surface area contributed by atoms with Crippen LogP contribution in [0.15, 0.2) is 29.2 Å². The number of piperazine rings is 1. The van der Waals surface area contributed by atoms with Crippen LogP contribution < -0.4 is 5.32 Å². The van der Waals surface area contributed by atoms with Crippen LogP contribution in [0.1, 0.15) is 44.2 Å². The van der Waals surface area contributed by atoms with Crippen LogP contribution in [0, 0.1) is 6.92 Å². The zero-order valence-corrected chi connectivity index (χ0v) is 20.4.